The fourth-order valence-electron chi connectivity index (χ4n) is 2.83. The van der Waals surface area contributed by atoms with E-state index in [1.54, 1.807) is 4.90 Å². The van der Waals surface area contributed by atoms with Crippen molar-refractivity contribution in [1.82, 2.24) is 9.80 Å². The Bertz CT molecular complexity index is 763. The Balaban J connectivity index is 1.45. The van der Waals surface area contributed by atoms with Crippen LogP contribution in [-0.4, -0.2) is 48.5 Å². The van der Waals surface area contributed by atoms with E-state index in [1.807, 2.05) is 24.3 Å². The Morgan fingerprint density at radius 2 is 1.73 bits per heavy atom. The lowest BCUT2D eigenvalue weighted by Gasteiger charge is -2.34. The number of nitrogens with zero attached hydrogens (tertiary/aromatic N) is 2. The first kappa shape index (κ1) is 18.6. The van der Waals surface area contributed by atoms with E-state index in [9.17, 15) is 13.6 Å². The van der Waals surface area contributed by atoms with Gasteiger partial charge in [-0.3, -0.25) is 9.69 Å². The van der Waals surface area contributed by atoms with Gasteiger partial charge in [0.15, 0.2) is 18.2 Å². The number of halogens is 3. The number of rotatable bonds is 5. The van der Waals surface area contributed by atoms with Gasteiger partial charge in [0.2, 0.25) is 0 Å². The van der Waals surface area contributed by atoms with Crippen LogP contribution in [0.25, 0.3) is 0 Å². The van der Waals surface area contributed by atoms with Gasteiger partial charge in [0, 0.05) is 43.8 Å². The standard InChI is InChI=1S/C19H19ClF2N2O2/c20-15-3-1-14(2-4-15)12-23-7-9-24(10-8-23)19(25)13-26-18-6-5-16(21)11-17(18)22/h1-6,11H,7-10,12-13H2. The number of piperazine rings is 1. The molecule has 0 bridgehead atoms. The van der Waals surface area contributed by atoms with E-state index in [1.165, 1.54) is 11.6 Å². The zero-order valence-electron chi connectivity index (χ0n) is 14.1. The summed E-state index contributed by atoms with van der Waals surface area (Å²) in [7, 11) is 0. The SMILES string of the molecule is O=C(COc1ccc(F)cc1F)N1CCN(Cc2ccc(Cl)cc2)CC1. The van der Waals surface area contributed by atoms with Crippen molar-refractivity contribution >= 4 is 17.5 Å². The molecule has 138 valence electrons. The molecule has 2 aromatic carbocycles. The van der Waals surface area contributed by atoms with E-state index in [-0.39, 0.29) is 18.3 Å². The van der Waals surface area contributed by atoms with Crippen molar-refractivity contribution in [2.75, 3.05) is 32.8 Å². The molecule has 2 aromatic rings. The highest BCUT2D eigenvalue weighted by Gasteiger charge is 2.21. The zero-order valence-corrected chi connectivity index (χ0v) is 14.9. The number of amides is 1. The number of benzene rings is 2. The topological polar surface area (TPSA) is 32.8 Å². The molecule has 0 N–H and O–H groups in total. The summed E-state index contributed by atoms with van der Waals surface area (Å²) in [6.45, 7) is 3.21. The van der Waals surface area contributed by atoms with Crippen LogP contribution in [0.2, 0.25) is 5.02 Å². The Morgan fingerprint density at radius 3 is 2.38 bits per heavy atom. The average Bonchev–Trinajstić information content (AvgIpc) is 2.63. The monoisotopic (exact) mass is 380 g/mol. The number of carbonyl (C=O) groups is 1. The fraction of sp³-hybridized carbons (Fsp3) is 0.316. The quantitative estimate of drug-likeness (QED) is 0.797. The van der Waals surface area contributed by atoms with Gasteiger partial charge in [-0.1, -0.05) is 23.7 Å². The van der Waals surface area contributed by atoms with Gasteiger partial charge in [0.25, 0.3) is 5.91 Å². The predicted octanol–water partition coefficient (Wildman–Crippen LogP) is 3.34. The van der Waals surface area contributed by atoms with Crippen molar-refractivity contribution < 1.29 is 18.3 Å². The second-order valence-corrected chi connectivity index (χ2v) is 6.58. The van der Waals surface area contributed by atoms with E-state index in [0.29, 0.717) is 18.1 Å². The van der Waals surface area contributed by atoms with Gasteiger partial charge in [0.05, 0.1) is 0 Å². The highest BCUT2D eigenvalue weighted by Crippen LogP contribution is 2.18. The molecule has 1 saturated heterocycles. The number of ether oxygens (including phenoxy) is 1. The summed E-state index contributed by atoms with van der Waals surface area (Å²) in [6, 6.07) is 10.7. The molecule has 0 unspecified atom stereocenters. The second kappa shape index (κ2) is 8.47. The highest BCUT2D eigenvalue weighted by atomic mass is 35.5. The normalized spacial score (nSPS) is 15.1. The van der Waals surface area contributed by atoms with Crippen molar-refractivity contribution in [3.8, 4) is 5.75 Å². The molecule has 0 saturated carbocycles. The van der Waals surface area contributed by atoms with Crippen LogP contribution in [0.15, 0.2) is 42.5 Å². The minimum absolute atomic E-state index is 0.124. The molecule has 1 fully saturated rings. The van der Waals surface area contributed by atoms with Crippen LogP contribution < -0.4 is 4.74 Å². The van der Waals surface area contributed by atoms with Crippen LogP contribution in [0.3, 0.4) is 0 Å². The summed E-state index contributed by atoms with van der Waals surface area (Å²) in [5.41, 5.74) is 1.17. The molecule has 1 heterocycles. The first-order valence-electron chi connectivity index (χ1n) is 8.34. The lowest BCUT2D eigenvalue weighted by atomic mass is 10.2. The number of carbonyl (C=O) groups excluding carboxylic acids is 1. The Hall–Kier alpha value is -2.18. The van der Waals surface area contributed by atoms with Crippen LogP contribution in [0.4, 0.5) is 8.78 Å². The van der Waals surface area contributed by atoms with Gasteiger partial charge in [0.1, 0.15) is 5.82 Å². The van der Waals surface area contributed by atoms with E-state index >= 15 is 0 Å². The van der Waals surface area contributed by atoms with Crippen LogP contribution in [0.5, 0.6) is 5.75 Å². The summed E-state index contributed by atoms with van der Waals surface area (Å²) in [5, 5.41) is 0.710. The third-order valence-corrected chi connectivity index (χ3v) is 4.54. The molecule has 4 nitrogen and oxygen atoms in total. The van der Waals surface area contributed by atoms with E-state index in [0.717, 1.165) is 31.8 Å². The minimum Gasteiger partial charge on any atom is -0.481 e. The molecule has 1 amide bonds. The van der Waals surface area contributed by atoms with Gasteiger partial charge < -0.3 is 9.64 Å². The molecular formula is C19H19ClF2N2O2. The average molecular weight is 381 g/mol. The minimum atomic E-state index is -0.814. The number of hydrogen-bond donors (Lipinski definition) is 0. The molecule has 26 heavy (non-hydrogen) atoms. The van der Waals surface area contributed by atoms with E-state index < -0.39 is 11.6 Å². The van der Waals surface area contributed by atoms with Crippen molar-refractivity contribution in [3.05, 3.63) is 64.7 Å². The Labute approximate surface area is 155 Å². The van der Waals surface area contributed by atoms with Crippen molar-refractivity contribution in [2.45, 2.75) is 6.54 Å². The molecule has 7 heteroatoms. The first-order valence-corrected chi connectivity index (χ1v) is 8.71. The van der Waals surface area contributed by atoms with Crippen molar-refractivity contribution in [3.63, 3.8) is 0 Å². The highest BCUT2D eigenvalue weighted by molar-refractivity contribution is 6.30. The Morgan fingerprint density at radius 1 is 1.04 bits per heavy atom. The molecular weight excluding hydrogens is 362 g/mol. The zero-order chi connectivity index (χ0) is 18.5. The third kappa shape index (κ3) is 4.93. The van der Waals surface area contributed by atoms with Gasteiger partial charge in [-0.2, -0.15) is 0 Å². The van der Waals surface area contributed by atoms with E-state index in [4.69, 9.17) is 16.3 Å². The second-order valence-electron chi connectivity index (χ2n) is 6.15. The molecule has 0 radical (unpaired) electrons. The summed E-state index contributed by atoms with van der Waals surface area (Å²) in [6.07, 6.45) is 0. The van der Waals surface area contributed by atoms with Gasteiger partial charge in [-0.05, 0) is 29.8 Å². The van der Waals surface area contributed by atoms with Crippen molar-refractivity contribution in [1.29, 1.82) is 0 Å². The van der Waals surface area contributed by atoms with Crippen LogP contribution >= 0.6 is 11.6 Å². The van der Waals surface area contributed by atoms with Gasteiger partial charge >= 0.3 is 0 Å². The summed E-state index contributed by atoms with van der Waals surface area (Å²) >= 11 is 5.89. The first-order chi connectivity index (χ1) is 12.5. The largest absolute Gasteiger partial charge is 0.481 e. The Kier molecular flexibility index (Phi) is 6.06. The smallest absolute Gasteiger partial charge is 0.260 e. The number of hydrogen-bond acceptors (Lipinski definition) is 3. The third-order valence-electron chi connectivity index (χ3n) is 4.29. The van der Waals surface area contributed by atoms with Gasteiger partial charge in [-0.15, -0.1) is 0 Å². The molecule has 0 atom stereocenters. The van der Waals surface area contributed by atoms with Gasteiger partial charge in [-0.25, -0.2) is 8.78 Å². The fourth-order valence-corrected chi connectivity index (χ4v) is 2.95. The lowest BCUT2D eigenvalue weighted by Crippen LogP contribution is -2.49. The molecule has 3 rings (SSSR count). The van der Waals surface area contributed by atoms with Crippen molar-refractivity contribution in [2.24, 2.45) is 0 Å². The summed E-state index contributed by atoms with van der Waals surface area (Å²) < 4.78 is 31.6. The molecule has 0 aliphatic carbocycles. The summed E-state index contributed by atoms with van der Waals surface area (Å²) in [4.78, 5) is 16.2. The van der Waals surface area contributed by atoms with E-state index in [2.05, 4.69) is 4.90 Å². The molecule has 0 aromatic heterocycles. The van der Waals surface area contributed by atoms with Crippen LogP contribution in [-0.2, 0) is 11.3 Å². The predicted molar refractivity (Wildman–Crippen MR) is 95.2 cm³/mol. The molecule has 1 aliphatic rings. The van der Waals surface area contributed by atoms with Crippen LogP contribution in [0, 0.1) is 11.6 Å². The maximum absolute atomic E-state index is 13.5. The maximum Gasteiger partial charge on any atom is 0.260 e. The molecule has 1 aliphatic heterocycles. The maximum atomic E-state index is 13.5. The summed E-state index contributed by atoms with van der Waals surface area (Å²) in [5.74, 6) is -1.83. The lowest BCUT2D eigenvalue weighted by molar-refractivity contribution is -0.135. The molecule has 0 spiro atoms. The van der Waals surface area contributed by atoms with Crippen LogP contribution in [0.1, 0.15) is 5.56 Å².